The van der Waals surface area contributed by atoms with Gasteiger partial charge in [0.25, 0.3) is 0 Å². The highest BCUT2D eigenvalue weighted by Gasteiger charge is 2.35. The SMILES string of the molecule is CC1(C)c2ccccc2-c2cc(-n3c4ccccc4c4ccc(Cl)cc43)ccc21. The minimum Gasteiger partial charge on any atom is -0.309 e. The van der Waals surface area contributed by atoms with Crippen molar-refractivity contribution in [3.63, 3.8) is 0 Å². The molecule has 0 bridgehead atoms. The number of rotatable bonds is 1. The zero-order valence-corrected chi connectivity index (χ0v) is 17.2. The molecule has 0 saturated carbocycles. The van der Waals surface area contributed by atoms with E-state index in [0.29, 0.717) is 0 Å². The van der Waals surface area contributed by atoms with Gasteiger partial charge < -0.3 is 4.57 Å². The van der Waals surface area contributed by atoms with Crippen LogP contribution in [0.4, 0.5) is 0 Å². The Morgan fingerprint density at radius 1 is 0.655 bits per heavy atom. The van der Waals surface area contributed by atoms with E-state index < -0.39 is 0 Å². The van der Waals surface area contributed by atoms with Gasteiger partial charge in [0.2, 0.25) is 0 Å². The molecule has 0 radical (unpaired) electrons. The van der Waals surface area contributed by atoms with Gasteiger partial charge in [0.1, 0.15) is 0 Å². The highest BCUT2D eigenvalue weighted by molar-refractivity contribution is 6.31. The predicted molar refractivity (Wildman–Crippen MR) is 123 cm³/mol. The van der Waals surface area contributed by atoms with Gasteiger partial charge in [-0.2, -0.15) is 0 Å². The summed E-state index contributed by atoms with van der Waals surface area (Å²) in [6, 6.07) is 30.4. The minimum absolute atomic E-state index is 0.0224. The maximum atomic E-state index is 6.39. The molecule has 1 aromatic heterocycles. The van der Waals surface area contributed by atoms with E-state index in [-0.39, 0.29) is 5.41 Å². The van der Waals surface area contributed by atoms with Crippen LogP contribution in [-0.2, 0) is 5.41 Å². The number of halogens is 1. The summed E-state index contributed by atoms with van der Waals surface area (Å²) in [6.45, 7) is 4.63. The number of para-hydroxylation sites is 1. The Kier molecular flexibility index (Phi) is 3.34. The molecular formula is C27H20ClN. The highest BCUT2D eigenvalue weighted by Crippen LogP contribution is 2.49. The van der Waals surface area contributed by atoms with Gasteiger partial charge in [-0.3, -0.25) is 0 Å². The third kappa shape index (κ3) is 2.22. The van der Waals surface area contributed by atoms with Crippen LogP contribution in [0.3, 0.4) is 0 Å². The summed E-state index contributed by atoms with van der Waals surface area (Å²) in [7, 11) is 0. The number of nitrogens with zero attached hydrogens (tertiary/aromatic N) is 1. The topological polar surface area (TPSA) is 4.93 Å². The van der Waals surface area contributed by atoms with Crippen LogP contribution in [0.15, 0.2) is 84.9 Å². The van der Waals surface area contributed by atoms with Crippen molar-refractivity contribution in [3.05, 3.63) is 101 Å². The van der Waals surface area contributed by atoms with Crippen molar-refractivity contribution in [1.29, 1.82) is 0 Å². The average Bonchev–Trinajstić information content (AvgIpc) is 3.17. The van der Waals surface area contributed by atoms with Crippen LogP contribution >= 0.6 is 11.6 Å². The lowest BCUT2D eigenvalue weighted by Gasteiger charge is -2.21. The molecule has 6 rings (SSSR count). The fourth-order valence-electron chi connectivity index (χ4n) is 5.07. The van der Waals surface area contributed by atoms with Gasteiger partial charge in [-0.1, -0.05) is 80.0 Å². The molecule has 0 aliphatic heterocycles. The first-order valence-electron chi connectivity index (χ1n) is 9.99. The molecular weight excluding hydrogens is 374 g/mol. The summed E-state index contributed by atoms with van der Waals surface area (Å²) in [4.78, 5) is 0. The highest BCUT2D eigenvalue weighted by atomic mass is 35.5. The Bertz CT molecular complexity index is 1440. The largest absolute Gasteiger partial charge is 0.309 e. The van der Waals surface area contributed by atoms with Crippen LogP contribution in [-0.4, -0.2) is 4.57 Å². The molecule has 0 saturated heterocycles. The summed E-state index contributed by atoms with van der Waals surface area (Å²) < 4.78 is 2.34. The zero-order chi connectivity index (χ0) is 19.8. The van der Waals surface area contributed by atoms with E-state index >= 15 is 0 Å². The van der Waals surface area contributed by atoms with Crippen LogP contribution in [0.2, 0.25) is 5.02 Å². The smallest absolute Gasteiger partial charge is 0.0555 e. The molecule has 1 aliphatic rings. The second kappa shape index (κ2) is 5.75. The first kappa shape index (κ1) is 16.9. The van der Waals surface area contributed by atoms with E-state index in [1.807, 2.05) is 6.07 Å². The van der Waals surface area contributed by atoms with Crippen LogP contribution in [0.1, 0.15) is 25.0 Å². The quantitative estimate of drug-likeness (QED) is 0.274. The number of fused-ring (bicyclic) bond motifs is 6. The molecule has 1 heterocycles. The second-order valence-electron chi connectivity index (χ2n) is 8.41. The van der Waals surface area contributed by atoms with Crippen molar-refractivity contribution in [1.82, 2.24) is 4.57 Å². The Morgan fingerprint density at radius 3 is 2.28 bits per heavy atom. The third-order valence-corrected chi connectivity index (χ3v) is 6.70. The molecule has 2 heteroatoms. The molecule has 0 spiro atoms. The fourth-order valence-corrected chi connectivity index (χ4v) is 5.24. The molecule has 5 aromatic rings. The zero-order valence-electron chi connectivity index (χ0n) is 16.4. The third-order valence-electron chi connectivity index (χ3n) is 6.46. The molecule has 1 aliphatic carbocycles. The van der Waals surface area contributed by atoms with E-state index in [2.05, 4.69) is 97.3 Å². The van der Waals surface area contributed by atoms with E-state index in [9.17, 15) is 0 Å². The van der Waals surface area contributed by atoms with Gasteiger partial charge in [0.05, 0.1) is 11.0 Å². The van der Waals surface area contributed by atoms with Crippen LogP contribution in [0.5, 0.6) is 0 Å². The number of aromatic nitrogens is 1. The van der Waals surface area contributed by atoms with Crippen molar-refractivity contribution in [3.8, 4) is 16.8 Å². The second-order valence-corrected chi connectivity index (χ2v) is 8.85. The molecule has 1 nitrogen and oxygen atoms in total. The van der Waals surface area contributed by atoms with Gasteiger partial charge in [-0.05, 0) is 52.6 Å². The molecule has 0 amide bonds. The van der Waals surface area contributed by atoms with Crippen molar-refractivity contribution in [2.45, 2.75) is 19.3 Å². The lowest BCUT2D eigenvalue weighted by Crippen LogP contribution is -2.14. The Hall–Kier alpha value is -3.03. The fraction of sp³-hybridized carbons (Fsp3) is 0.111. The van der Waals surface area contributed by atoms with E-state index in [0.717, 1.165) is 10.5 Å². The minimum atomic E-state index is 0.0224. The van der Waals surface area contributed by atoms with E-state index in [1.54, 1.807) is 0 Å². The van der Waals surface area contributed by atoms with E-state index in [4.69, 9.17) is 11.6 Å². The predicted octanol–water partition coefficient (Wildman–Crippen LogP) is 7.74. The van der Waals surface area contributed by atoms with Gasteiger partial charge in [-0.15, -0.1) is 0 Å². The Labute approximate surface area is 175 Å². The van der Waals surface area contributed by atoms with Crippen LogP contribution < -0.4 is 0 Å². The van der Waals surface area contributed by atoms with Crippen LogP contribution in [0, 0.1) is 0 Å². The summed E-state index contributed by atoms with van der Waals surface area (Å²) >= 11 is 6.39. The molecule has 0 fully saturated rings. The monoisotopic (exact) mass is 393 g/mol. The maximum Gasteiger partial charge on any atom is 0.0555 e. The lowest BCUT2D eigenvalue weighted by molar-refractivity contribution is 0.660. The van der Waals surface area contributed by atoms with Gasteiger partial charge in [-0.25, -0.2) is 0 Å². The van der Waals surface area contributed by atoms with Crippen LogP contribution in [0.25, 0.3) is 38.6 Å². The molecule has 0 atom stereocenters. The van der Waals surface area contributed by atoms with Crippen molar-refractivity contribution in [2.75, 3.05) is 0 Å². The number of hydrogen-bond donors (Lipinski definition) is 0. The standard InChI is InChI=1S/C27H20ClN/c1-27(2)23-9-5-3-7-19(23)22-16-18(12-14-24(22)27)29-25-10-6-4-8-20(25)21-13-11-17(28)15-26(21)29/h3-16H,1-2H3. The molecule has 29 heavy (non-hydrogen) atoms. The average molecular weight is 394 g/mol. The van der Waals surface area contributed by atoms with Crippen molar-refractivity contribution >= 4 is 33.4 Å². The Morgan fingerprint density at radius 2 is 1.38 bits per heavy atom. The normalized spacial score (nSPS) is 14.3. The Balaban J connectivity index is 1.70. The summed E-state index contributed by atoms with van der Waals surface area (Å²) in [5.41, 5.74) is 9.00. The summed E-state index contributed by atoms with van der Waals surface area (Å²) in [6.07, 6.45) is 0. The number of hydrogen-bond acceptors (Lipinski definition) is 0. The molecule has 0 N–H and O–H groups in total. The van der Waals surface area contributed by atoms with E-state index in [1.165, 1.54) is 44.2 Å². The first-order chi connectivity index (χ1) is 14.1. The van der Waals surface area contributed by atoms with Gasteiger partial charge >= 0.3 is 0 Å². The maximum absolute atomic E-state index is 6.39. The van der Waals surface area contributed by atoms with Crippen molar-refractivity contribution in [2.24, 2.45) is 0 Å². The summed E-state index contributed by atoms with van der Waals surface area (Å²) in [5, 5.41) is 3.24. The van der Waals surface area contributed by atoms with Gasteiger partial charge in [0.15, 0.2) is 0 Å². The first-order valence-corrected chi connectivity index (χ1v) is 10.4. The molecule has 140 valence electrons. The van der Waals surface area contributed by atoms with Gasteiger partial charge in [0, 0.05) is 26.9 Å². The number of benzene rings is 4. The lowest BCUT2D eigenvalue weighted by atomic mass is 9.82. The molecule has 4 aromatic carbocycles. The molecule has 0 unspecified atom stereocenters. The summed E-state index contributed by atoms with van der Waals surface area (Å²) in [5.74, 6) is 0. The van der Waals surface area contributed by atoms with Crippen molar-refractivity contribution < 1.29 is 0 Å².